The van der Waals surface area contributed by atoms with Crippen molar-refractivity contribution in [1.82, 2.24) is 0 Å². The highest BCUT2D eigenvalue weighted by Gasteiger charge is 2.24. The van der Waals surface area contributed by atoms with Crippen molar-refractivity contribution < 1.29 is 13.2 Å². The molecule has 0 bridgehead atoms. The summed E-state index contributed by atoms with van der Waals surface area (Å²) in [6.07, 6.45) is 0. The van der Waals surface area contributed by atoms with Crippen LogP contribution in [-0.4, -0.2) is 33.9 Å². The fourth-order valence-electron chi connectivity index (χ4n) is 1.63. The minimum absolute atomic E-state index is 0.0157. The van der Waals surface area contributed by atoms with Crippen LogP contribution in [0.3, 0.4) is 0 Å². The van der Waals surface area contributed by atoms with Gasteiger partial charge in [0.25, 0.3) is 0 Å². The number of sulfonamides is 1. The first-order valence-electron chi connectivity index (χ1n) is 5.03. The van der Waals surface area contributed by atoms with Gasteiger partial charge in [-0.15, -0.1) is 0 Å². The Morgan fingerprint density at radius 1 is 1.31 bits per heavy atom. The summed E-state index contributed by atoms with van der Waals surface area (Å²) in [5.41, 5.74) is 6.80. The molecule has 0 amide bonds. The van der Waals surface area contributed by atoms with Gasteiger partial charge in [0.15, 0.2) is 0 Å². The van der Waals surface area contributed by atoms with Crippen molar-refractivity contribution in [3.8, 4) is 0 Å². The van der Waals surface area contributed by atoms with E-state index >= 15 is 0 Å². The third kappa shape index (κ3) is 2.28. The van der Waals surface area contributed by atoms with E-state index in [-0.39, 0.29) is 12.4 Å². The van der Waals surface area contributed by atoms with Crippen molar-refractivity contribution in [1.29, 1.82) is 0 Å². The summed E-state index contributed by atoms with van der Waals surface area (Å²) >= 11 is 0. The predicted molar refractivity (Wildman–Crippen MR) is 62.8 cm³/mol. The van der Waals surface area contributed by atoms with Gasteiger partial charge in [0.1, 0.15) is 0 Å². The molecule has 0 unspecified atom stereocenters. The van der Waals surface area contributed by atoms with E-state index in [1.54, 1.807) is 24.3 Å². The molecular weight excluding hydrogens is 228 g/mol. The third-order valence-corrected chi connectivity index (χ3v) is 4.17. The Morgan fingerprint density at radius 3 is 2.88 bits per heavy atom. The summed E-state index contributed by atoms with van der Waals surface area (Å²) in [4.78, 5) is 0. The molecule has 16 heavy (non-hydrogen) atoms. The number of hydrogen-bond acceptors (Lipinski definition) is 4. The van der Waals surface area contributed by atoms with Gasteiger partial charge in [-0.2, -0.15) is 0 Å². The van der Waals surface area contributed by atoms with Crippen molar-refractivity contribution in [2.75, 3.05) is 35.6 Å². The Hall–Kier alpha value is -1.27. The predicted octanol–water partition coefficient (Wildman–Crippen LogP) is 0.435. The van der Waals surface area contributed by atoms with E-state index in [0.717, 1.165) is 0 Å². The first kappa shape index (κ1) is 11.2. The quantitative estimate of drug-likeness (QED) is 0.725. The van der Waals surface area contributed by atoms with E-state index in [4.69, 9.17) is 10.5 Å². The second-order valence-electron chi connectivity index (χ2n) is 3.60. The lowest BCUT2D eigenvalue weighted by Gasteiger charge is -2.21. The number of rotatable bonds is 1. The maximum Gasteiger partial charge on any atom is 0.237 e. The summed E-state index contributed by atoms with van der Waals surface area (Å²) in [5, 5.41) is 0. The second-order valence-corrected chi connectivity index (χ2v) is 5.61. The molecule has 1 aromatic rings. The topological polar surface area (TPSA) is 72.6 Å². The number of anilines is 2. The van der Waals surface area contributed by atoms with E-state index in [1.165, 1.54) is 4.31 Å². The van der Waals surface area contributed by atoms with Crippen LogP contribution in [-0.2, 0) is 14.8 Å². The highest BCUT2D eigenvalue weighted by molar-refractivity contribution is 7.92. The van der Waals surface area contributed by atoms with Crippen LogP contribution >= 0.6 is 0 Å². The van der Waals surface area contributed by atoms with Crippen LogP contribution in [0.25, 0.3) is 0 Å². The molecule has 5 nitrogen and oxygen atoms in total. The van der Waals surface area contributed by atoms with Crippen LogP contribution in [0.4, 0.5) is 11.4 Å². The van der Waals surface area contributed by atoms with E-state index in [0.29, 0.717) is 24.5 Å². The molecule has 1 fully saturated rings. The van der Waals surface area contributed by atoms with Gasteiger partial charge in [0.05, 0.1) is 31.2 Å². The zero-order valence-electron chi connectivity index (χ0n) is 8.80. The van der Waals surface area contributed by atoms with Crippen LogP contribution in [0.1, 0.15) is 0 Å². The Morgan fingerprint density at radius 2 is 2.12 bits per heavy atom. The third-order valence-electron chi connectivity index (χ3n) is 2.42. The smallest absolute Gasteiger partial charge is 0.237 e. The Labute approximate surface area is 94.9 Å². The molecule has 0 atom stereocenters. The summed E-state index contributed by atoms with van der Waals surface area (Å²) in [7, 11) is -3.28. The minimum Gasteiger partial charge on any atom is -0.399 e. The molecule has 1 aliphatic rings. The van der Waals surface area contributed by atoms with Crippen molar-refractivity contribution in [3.63, 3.8) is 0 Å². The number of hydrogen-bond donors (Lipinski definition) is 1. The zero-order valence-corrected chi connectivity index (χ0v) is 9.61. The summed E-state index contributed by atoms with van der Waals surface area (Å²) in [5.74, 6) is 0.0157. The van der Waals surface area contributed by atoms with Crippen molar-refractivity contribution >= 4 is 21.4 Å². The fraction of sp³-hybridized carbons (Fsp3) is 0.400. The molecule has 6 heteroatoms. The molecule has 1 saturated heterocycles. The van der Waals surface area contributed by atoms with Gasteiger partial charge in [-0.05, 0) is 18.2 Å². The average molecular weight is 242 g/mol. The van der Waals surface area contributed by atoms with E-state index in [1.807, 2.05) is 0 Å². The van der Waals surface area contributed by atoms with Crippen LogP contribution in [0.2, 0.25) is 0 Å². The lowest BCUT2D eigenvalue weighted by molar-refractivity contribution is 0.162. The minimum atomic E-state index is -3.28. The Bertz CT molecular complexity index is 473. The number of benzene rings is 1. The average Bonchev–Trinajstić information content (AvgIpc) is 2.39. The van der Waals surface area contributed by atoms with Crippen molar-refractivity contribution in [2.24, 2.45) is 0 Å². The first-order chi connectivity index (χ1) is 7.59. The number of nitrogens with two attached hydrogens (primary N) is 1. The highest BCUT2D eigenvalue weighted by Crippen LogP contribution is 2.21. The molecule has 2 N–H and O–H groups in total. The normalized spacial score (nSPS) is 20.4. The number of ether oxygens (including phenoxy) is 1. The van der Waals surface area contributed by atoms with E-state index in [2.05, 4.69) is 0 Å². The zero-order chi connectivity index (χ0) is 11.6. The molecular formula is C10H14N2O3S. The molecule has 0 spiro atoms. The van der Waals surface area contributed by atoms with E-state index in [9.17, 15) is 8.42 Å². The van der Waals surface area contributed by atoms with Gasteiger partial charge in [-0.1, -0.05) is 6.07 Å². The van der Waals surface area contributed by atoms with Gasteiger partial charge < -0.3 is 10.5 Å². The lowest BCUT2D eigenvalue weighted by atomic mass is 10.3. The highest BCUT2D eigenvalue weighted by atomic mass is 32.2. The molecule has 1 aliphatic heterocycles. The molecule has 88 valence electrons. The molecule has 1 aromatic carbocycles. The van der Waals surface area contributed by atoms with Gasteiger partial charge in [0.2, 0.25) is 10.0 Å². The summed E-state index contributed by atoms with van der Waals surface area (Å²) < 4.78 is 30.4. The number of nitrogens with zero attached hydrogens (tertiary/aromatic N) is 1. The first-order valence-corrected chi connectivity index (χ1v) is 6.64. The molecule has 1 heterocycles. The van der Waals surface area contributed by atoms with Crippen molar-refractivity contribution in [3.05, 3.63) is 24.3 Å². The maximum atomic E-state index is 11.9. The molecule has 0 aromatic heterocycles. The molecule has 0 radical (unpaired) electrons. The van der Waals surface area contributed by atoms with E-state index < -0.39 is 10.0 Å². The molecule has 0 aliphatic carbocycles. The fourth-order valence-corrected chi connectivity index (χ4v) is 2.97. The van der Waals surface area contributed by atoms with Gasteiger partial charge in [-0.3, -0.25) is 4.31 Å². The lowest BCUT2D eigenvalue weighted by Crippen LogP contribution is -2.33. The standard InChI is InChI=1S/C10H14N2O3S/c11-9-2-1-3-10(8-9)12-4-5-15-6-7-16(12,13)14/h1-3,8H,4-7,11H2. The molecule has 2 rings (SSSR count). The summed E-state index contributed by atoms with van der Waals surface area (Å²) in [6.45, 7) is 1.00. The maximum absolute atomic E-state index is 11.9. The van der Waals surface area contributed by atoms with Crippen LogP contribution in [0, 0.1) is 0 Å². The van der Waals surface area contributed by atoms with Crippen LogP contribution < -0.4 is 10.0 Å². The monoisotopic (exact) mass is 242 g/mol. The van der Waals surface area contributed by atoms with Crippen molar-refractivity contribution in [2.45, 2.75) is 0 Å². The van der Waals surface area contributed by atoms with Gasteiger partial charge in [0, 0.05) is 5.69 Å². The van der Waals surface area contributed by atoms with Crippen LogP contribution in [0.15, 0.2) is 24.3 Å². The Balaban J connectivity index is 2.37. The number of nitrogen functional groups attached to an aromatic ring is 1. The summed E-state index contributed by atoms with van der Waals surface area (Å²) in [6, 6.07) is 6.86. The van der Waals surface area contributed by atoms with Gasteiger partial charge in [-0.25, -0.2) is 8.42 Å². The Kier molecular flexibility index (Phi) is 3.02. The van der Waals surface area contributed by atoms with Crippen LogP contribution in [0.5, 0.6) is 0 Å². The largest absolute Gasteiger partial charge is 0.399 e. The van der Waals surface area contributed by atoms with Gasteiger partial charge >= 0.3 is 0 Å². The molecule has 0 saturated carbocycles. The second kappa shape index (κ2) is 4.31. The SMILES string of the molecule is Nc1cccc(N2CCOCCS2(=O)=O)c1.